The van der Waals surface area contributed by atoms with Gasteiger partial charge >= 0.3 is 0 Å². The van der Waals surface area contributed by atoms with E-state index in [1.54, 1.807) is 14.2 Å². The average Bonchev–Trinajstić information content (AvgIpc) is 2.96. The molecule has 0 radical (unpaired) electrons. The van der Waals surface area contributed by atoms with Crippen molar-refractivity contribution < 1.29 is 14.0 Å². The summed E-state index contributed by atoms with van der Waals surface area (Å²) in [6.07, 6.45) is 0.806. The minimum Gasteiger partial charge on any atom is -0.497 e. The standard InChI is InChI=1S/C19H28N4O3/c1-13(25-17-8-6-7-16(11-17)24-5)12-22-19(20-4)21-10-9-18-14(2)23-26-15(18)3/h6-8,11,13H,9-10,12H2,1-5H3,(H2,20,21,22). The summed E-state index contributed by atoms with van der Waals surface area (Å²) < 4.78 is 16.3. The smallest absolute Gasteiger partial charge is 0.191 e. The van der Waals surface area contributed by atoms with Crippen LogP contribution >= 0.6 is 0 Å². The zero-order chi connectivity index (χ0) is 18.9. The molecular weight excluding hydrogens is 332 g/mol. The summed E-state index contributed by atoms with van der Waals surface area (Å²) in [6, 6.07) is 7.58. The van der Waals surface area contributed by atoms with Crippen LogP contribution < -0.4 is 20.1 Å². The molecule has 26 heavy (non-hydrogen) atoms. The summed E-state index contributed by atoms with van der Waals surface area (Å²) in [7, 11) is 3.39. The second kappa shape index (κ2) is 9.70. The number of nitrogens with one attached hydrogen (secondary N) is 2. The fourth-order valence-electron chi connectivity index (χ4n) is 2.57. The van der Waals surface area contributed by atoms with E-state index in [0.29, 0.717) is 6.54 Å². The number of ether oxygens (including phenoxy) is 2. The van der Waals surface area contributed by atoms with E-state index in [1.807, 2.05) is 45.0 Å². The van der Waals surface area contributed by atoms with Gasteiger partial charge in [0.1, 0.15) is 23.4 Å². The molecular formula is C19H28N4O3. The summed E-state index contributed by atoms with van der Waals surface area (Å²) in [5.74, 6) is 3.16. The molecule has 0 aliphatic carbocycles. The van der Waals surface area contributed by atoms with Crippen LogP contribution in [-0.2, 0) is 6.42 Å². The van der Waals surface area contributed by atoms with Gasteiger partial charge in [-0.3, -0.25) is 4.99 Å². The van der Waals surface area contributed by atoms with Crippen molar-refractivity contribution in [3.05, 3.63) is 41.3 Å². The first-order valence-electron chi connectivity index (χ1n) is 8.70. The third-order valence-electron chi connectivity index (χ3n) is 4.01. The van der Waals surface area contributed by atoms with Crippen molar-refractivity contribution in [3.63, 3.8) is 0 Å². The van der Waals surface area contributed by atoms with Crippen molar-refractivity contribution in [1.82, 2.24) is 15.8 Å². The van der Waals surface area contributed by atoms with Gasteiger partial charge in [-0.25, -0.2) is 0 Å². The zero-order valence-electron chi connectivity index (χ0n) is 16.1. The van der Waals surface area contributed by atoms with Gasteiger partial charge in [0.2, 0.25) is 0 Å². The van der Waals surface area contributed by atoms with Gasteiger partial charge in [0.05, 0.1) is 19.3 Å². The molecule has 0 fully saturated rings. The maximum Gasteiger partial charge on any atom is 0.191 e. The van der Waals surface area contributed by atoms with Crippen LogP contribution in [0.3, 0.4) is 0 Å². The largest absolute Gasteiger partial charge is 0.497 e. The molecule has 1 unspecified atom stereocenters. The lowest BCUT2D eigenvalue weighted by Gasteiger charge is -2.18. The Morgan fingerprint density at radius 3 is 2.69 bits per heavy atom. The molecule has 1 heterocycles. The average molecular weight is 360 g/mol. The fraction of sp³-hybridized carbons (Fsp3) is 0.474. The molecule has 1 aromatic heterocycles. The van der Waals surface area contributed by atoms with Gasteiger partial charge in [-0.05, 0) is 39.3 Å². The summed E-state index contributed by atoms with van der Waals surface area (Å²) in [5.41, 5.74) is 2.08. The normalized spacial score (nSPS) is 12.6. The van der Waals surface area contributed by atoms with Gasteiger partial charge in [0, 0.05) is 25.2 Å². The van der Waals surface area contributed by atoms with E-state index in [1.165, 1.54) is 0 Å². The third kappa shape index (κ3) is 5.68. The lowest BCUT2D eigenvalue weighted by atomic mass is 10.1. The predicted octanol–water partition coefficient (Wildman–Crippen LogP) is 2.48. The summed E-state index contributed by atoms with van der Waals surface area (Å²) in [5, 5.41) is 10.5. The number of aromatic nitrogens is 1. The van der Waals surface area contributed by atoms with E-state index in [0.717, 1.165) is 47.4 Å². The maximum absolute atomic E-state index is 5.90. The molecule has 142 valence electrons. The topological polar surface area (TPSA) is 80.9 Å². The molecule has 0 saturated heterocycles. The van der Waals surface area contributed by atoms with Crippen LogP contribution in [0.2, 0.25) is 0 Å². The van der Waals surface area contributed by atoms with Crippen molar-refractivity contribution in [1.29, 1.82) is 0 Å². The van der Waals surface area contributed by atoms with Crippen molar-refractivity contribution in [2.75, 3.05) is 27.2 Å². The van der Waals surface area contributed by atoms with E-state index < -0.39 is 0 Å². The van der Waals surface area contributed by atoms with Crippen molar-refractivity contribution in [2.24, 2.45) is 4.99 Å². The second-order valence-corrected chi connectivity index (χ2v) is 6.04. The van der Waals surface area contributed by atoms with E-state index in [2.05, 4.69) is 20.8 Å². The van der Waals surface area contributed by atoms with Crippen LogP contribution in [-0.4, -0.2) is 44.5 Å². The van der Waals surface area contributed by atoms with E-state index in [4.69, 9.17) is 14.0 Å². The third-order valence-corrected chi connectivity index (χ3v) is 4.01. The number of guanidine groups is 1. The Hall–Kier alpha value is -2.70. The van der Waals surface area contributed by atoms with Crippen LogP contribution in [0.4, 0.5) is 0 Å². The maximum atomic E-state index is 5.90. The van der Waals surface area contributed by atoms with Gasteiger partial charge in [-0.2, -0.15) is 0 Å². The molecule has 0 aliphatic rings. The molecule has 1 atom stereocenters. The molecule has 0 saturated carbocycles. The summed E-state index contributed by atoms with van der Waals surface area (Å²) in [6.45, 7) is 7.26. The van der Waals surface area contributed by atoms with Gasteiger partial charge in [-0.1, -0.05) is 11.2 Å². The lowest BCUT2D eigenvalue weighted by Crippen LogP contribution is -2.42. The van der Waals surface area contributed by atoms with Gasteiger partial charge in [0.15, 0.2) is 5.96 Å². The molecule has 0 spiro atoms. The number of aliphatic imine (C=N–C) groups is 1. The highest BCUT2D eigenvalue weighted by Gasteiger charge is 2.10. The van der Waals surface area contributed by atoms with E-state index in [9.17, 15) is 0 Å². The Labute approximate surface area is 154 Å². The van der Waals surface area contributed by atoms with Gasteiger partial charge < -0.3 is 24.6 Å². The molecule has 0 bridgehead atoms. The minimum atomic E-state index is -0.0248. The fourth-order valence-corrected chi connectivity index (χ4v) is 2.57. The van der Waals surface area contributed by atoms with Crippen LogP contribution in [0.15, 0.2) is 33.8 Å². The summed E-state index contributed by atoms with van der Waals surface area (Å²) in [4.78, 5) is 4.24. The number of hydrogen-bond donors (Lipinski definition) is 2. The highest BCUT2D eigenvalue weighted by Crippen LogP contribution is 2.19. The first-order chi connectivity index (χ1) is 12.5. The Kier molecular flexibility index (Phi) is 7.32. The predicted molar refractivity (Wildman–Crippen MR) is 102 cm³/mol. The molecule has 2 N–H and O–H groups in total. The lowest BCUT2D eigenvalue weighted by molar-refractivity contribution is 0.223. The highest BCUT2D eigenvalue weighted by molar-refractivity contribution is 5.79. The first kappa shape index (κ1) is 19.6. The molecule has 2 rings (SSSR count). The quantitative estimate of drug-likeness (QED) is 0.556. The van der Waals surface area contributed by atoms with Crippen LogP contribution in [0.5, 0.6) is 11.5 Å². The number of nitrogens with zero attached hydrogens (tertiary/aromatic N) is 2. The Balaban J connectivity index is 1.75. The van der Waals surface area contributed by atoms with Crippen LogP contribution in [0.25, 0.3) is 0 Å². The molecule has 7 heteroatoms. The first-order valence-corrected chi connectivity index (χ1v) is 8.70. The number of hydrogen-bond acceptors (Lipinski definition) is 5. The Morgan fingerprint density at radius 2 is 2.04 bits per heavy atom. The Bertz CT molecular complexity index is 708. The molecule has 2 aromatic rings. The molecule has 1 aromatic carbocycles. The zero-order valence-corrected chi connectivity index (χ0v) is 16.1. The van der Waals surface area contributed by atoms with E-state index >= 15 is 0 Å². The highest BCUT2D eigenvalue weighted by atomic mass is 16.5. The van der Waals surface area contributed by atoms with E-state index in [-0.39, 0.29) is 6.10 Å². The van der Waals surface area contributed by atoms with Crippen molar-refractivity contribution in [2.45, 2.75) is 33.3 Å². The minimum absolute atomic E-state index is 0.0248. The monoisotopic (exact) mass is 360 g/mol. The molecule has 0 amide bonds. The number of benzene rings is 1. The second-order valence-electron chi connectivity index (χ2n) is 6.04. The number of methoxy groups -OCH3 is 1. The summed E-state index contributed by atoms with van der Waals surface area (Å²) >= 11 is 0. The van der Waals surface area contributed by atoms with Gasteiger partial charge in [0.25, 0.3) is 0 Å². The van der Waals surface area contributed by atoms with Crippen LogP contribution in [0.1, 0.15) is 23.9 Å². The number of aryl methyl sites for hydroxylation is 2. The number of rotatable bonds is 8. The van der Waals surface area contributed by atoms with Crippen LogP contribution in [0, 0.1) is 13.8 Å². The molecule has 0 aliphatic heterocycles. The Morgan fingerprint density at radius 1 is 1.27 bits per heavy atom. The SMILES string of the molecule is CN=C(NCCc1c(C)noc1C)NCC(C)Oc1cccc(OC)c1. The van der Waals surface area contributed by atoms with Crippen molar-refractivity contribution >= 4 is 5.96 Å². The molecule has 7 nitrogen and oxygen atoms in total. The van der Waals surface area contributed by atoms with Crippen molar-refractivity contribution in [3.8, 4) is 11.5 Å². The van der Waals surface area contributed by atoms with Gasteiger partial charge in [-0.15, -0.1) is 0 Å².